The molecule has 1 saturated heterocycles. The quantitative estimate of drug-likeness (QED) is 0.210. The van der Waals surface area contributed by atoms with Gasteiger partial charge in [0, 0.05) is 6.42 Å². The van der Waals surface area contributed by atoms with Crippen LogP contribution in [0.3, 0.4) is 0 Å². The van der Waals surface area contributed by atoms with Crippen molar-refractivity contribution in [2.24, 2.45) is 11.8 Å². The highest BCUT2D eigenvalue weighted by Crippen LogP contribution is 2.40. The molecule has 35 heavy (non-hydrogen) atoms. The molecule has 0 aliphatic carbocycles. The second-order valence-electron chi connectivity index (χ2n) is 14.9. The van der Waals surface area contributed by atoms with Gasteiger partial charge >= 0.3 is 0 Å². The zero-order chi connectivity index (χ0) is 27.3. The van der Waals surface area contributed by atoms with Crippen LogP contribution in [0.25, 0.3) is 0 Å². The standard InChI is InChI=1S/C29H62O4Si2/c1-23(2)17-15-18-24(3)19-16-20-29(10)32-25(21-30-34(11,12)27(4,5)6)26(33-29)22-31-35(13,14)28(7,8)9/h23-26H,15-22H2,1-14H3/t24?,25-,26-/m0/s1. The molecule has 0 radical (unpaired) electrons. The van der Waals surface area contributed by atoms with Gasteiger partial charge in [0.15, 0.2) is 22.4 Å². The molecule has 1 fully saturated rings. The average Bonchev–Trinajstić information content (AvgIpc) is 2.99. The lowest BCUT2D eigenvalue weighted by Gasteiger charge is -2.38. The molecule has 0 amide bonds. The van der Waals surface area contributed by atoms with E-state index in [1.54, 1.807) is 0 Å². The van der Waals surface area contributed by atoms with E-state index in [4.69, 9.17) is 18.3 Å². The zero-order valence-corrected chi connectivity index (χ0v) is 28.1. The van der Waals surface area contributed by atoms with Crippen LogP contribution < -0.4 is 0 Å². The van der Waals surface area contributed by atoms with Crippen LogP contribution in [-0.2, 0) is 18.3 Å². The molecule has 3 atom stereocenters. The van der Waals surface area contributed by atoms with E-state index in [9.17, 15) is 0 Å². The predicted molar refractivity (Wildman–Crippen MR) is 156 cm³/mol. The summed E-state index contributed by atoms with van der Waals surface area (Å²) in [4.78, 5) is 0. The molecule has 6 heteroatoms. The fraction of sp³-hybridized carbons (Fsp3) is 1.00. The third-order valence-electron chi connectivity index (χ3n) is 8.85. The van der Waals surface area contributed by atoms with E-state index in [1.807, 2.05) is 0 Å². The summed E-state index contributed by atoms with van der Waals surface area (Å²) < 4.78 is 26.4. The largest absolute Gasteiger partial charge is 0.414 e. The number of hydrogen-bond donors (Lipinski definition) is 0. The Morgan fingerprint density at radius 2 is 1.11 bits per heavy atom. The molecular weight excluding hydrogens is 468 g/mol. The molecule has 4 nitrogen and oxygen atoms in total. The van der Waals surface area contributed by atoms with E-state index in [-0.39, 0.29) is 22.3 Å². The van der Waals surface area contributed by atoms with Gasteiger partial charge in [0.05, 0.1) is 13.2 Å². The van der Waals surface area contributed by atoms with E-state index >= 15 is 0 Å². The van der Waals surface area contributed by atoms with Gasteiger partial charge in [0.1, 0.15) is 12.2 Å². The molecule has 1 rings (SSSR count). The highest BCUT2D eigenvalue weighted by Gasteiger charge is 2.47. The van der Waals surface area contributed by atoms with Crippen molar-refractivity contribution in [2.75, 3.05) is 13.2 Å². The minimum atomic E-state index is -1.87. The minimum absolute atomic E-state index is 0.0811. The van der Waals surface area contributed by atoms with Crippen LogP contribution >= 0.6 is 0 Å². The van der Waals surface area contributed by atoms with Crippen molar-refractivity contribution < 1.29 is 18.3 Å². The lowest BCUT2D eigenvalue weighted by molar-refractivity contribution is -0.171. The van der Waals surface area contributed by atoms with Crippen LogP contribution in [0, 0.1) is 11.8 Å². The molecule has 0 aromatic carbocycles. The van der Waals surface area contributed by atoms with Gasteiger partial charge < -0.3 is 18.3 Å². The van der Waals surface area contributed by atoms with Gasteiger partial charge in [0.2, 0.25) is 0 Å². The van der Waals surface area contributed by atoms with Crippen molar-refractivity contribution in [1.29, 1.82) is 0 Å². The van der Waals surface area contributed by atoms with Gasteiger partial charge in [-0.25, -0.2) is 0 Å². The Bertz CT molecular complexity index is 581. The van der Waals surface area contributed by atoms with Crippen LogP contribution in [0.15, 0.2) is 0 Å². The summed E-state index contributed by atoms with van der Waals surface area (Å²) >= 11 is 0. The molecule has 0 spiro atoms. The van der Waals surface area contributed by atoms with E-state index < -0.39 is 22.4 Å². The van der Waals surface area contributed by atoms with Gasteiger partial charge in [-0.1, -0.05) is 88.0 Å². The van der Waals surface area contributed by atoms with Crippen LogP contribution in [0.2, 0.25) is 36.3 Å². The smallest absolute Gasteiger partial charge is 0.192 e. The van der Waals surface area contributed by atoms with Gasteiger partial charge in [-0.05, 0) is 61.4 Å². The molecule has 1 heterocycles. The van der Waals surface area contributed by atoms with Crippen molar-refractivity contribution in [3.8, 4) is 0 Å². The molecular formula is C29H62O4Si2. The summed E-state index contributed by atoms with van der Waals surface area (Å²) in [6.45, 7) is 33.3. The fourth-order valence-electron chi connectivity index (χ4n) is 4.03. The first-order valence-corrected chi connectivity index (χ1v) is 20.1. The lowest BCUT2D eigenvalue weighted by Crippen LogP contribution is -2.46. The first kappa shape index (κ1) is 33.3. The Kier molecular flexibility index (Phi) is 12.3. The molecule has 1 aliphatic heterocycles. The summed E-state index contributed by atoms with van der Waals surface area (Å²) in [5.74, 6) is 1.01. The summed E-state index contributed by atoms with van der Waals surface area (Å²) in [7, 11) is -3.73. The molecule has 0 bridgehead atoms. The minimum Gasteiger partial charge on any atom is -0.414 e. The third-order valence-corrected chi connectivity index (χ3v) is 17.9. The van der Waals surface area contributed by atoms with Gasteiger partial charge in [-0.2, -0.15) is 0 Å². The second kappa shape index (κ2) is 12.9. The van der Waals surface area contributed by atoms with Crippen LogP contribution in [0.5, 0.6) is 0 Å². The van der Waals surface area contributed by atoms with Crippen molar-refractivity contribution in [2.45, 2.75) is 162 Å². The monoisotopic (exact) mass is 530 g/mol. The molecule has 0 aromatic heterocycles. The maximum absolute atomic E-state index is 6.63. The number of ether oxygens (including phenoxy) is 2. The molecule has 210 valence electrons. The topological polar surface area (TPSA) is 36.9 Å². The average molecular weight is 531 g/mol. The molecule has 0 saturated carbocycles. The number of hydrogen-bond acceptors (Lipinski definition) is 4. The maximum Gasteiger partial charge on any atom is 0.192 e. The highest BCUT2D eigenvalue weighted by atomic mass is 28.4. The summed E-state index contributed by atoms with van der Waals surface area (Å²) in [5.41, 5.74) is 0. The first-order valence-electron chi connectivity index (χ1n) is 14.3. The second-order valence-corrected chi connectivity index (χ2v) is 24.5. The summed E-state index contributed by atoms with van der Waals surface area (Å²) in [6.07, 6.45) is 7.12. The fourth-order valence-corrected chi connectivity index (χ4v) is 6.05. The van der Waals surface area contributed by atoms with Crippen molar-refractivity contribution in [3.63, 3.8) is 0 Å². The summed E-state index contributed by atoms with van der Waals surface area (Å²) in [6, 6.07) is 0. The van der Waals surface area contributed by atoms with Crippen LogP contribution in [-0.4, -0.2) is 47.8 Å². The van der Waals surface area contributed by atoms with Gasteiger partial charge in [-0.15, -0.1) is 0 Å². The molecule has 0 aromatic rings. The van der Waals surface area contributed by atoms with E-state index in [2.05, 4.69) is 95.4 Å². The Hall–Kier alpha value is 0.274. The maximum atomic E-state index is 6.63. The Balaban J connectivity index is 2.79. The molecule has 1 unspecified atom stereocenters. The third kappa shape index (κ3) is 10.9. The van der Waals surface area contributed by atoms with Crippen LogP contribution in [0.4, 0.5) is 0 Å². The first-order chi connectivity index (χ1) is 15.7. The van der Waals surface area contributed by atoms with Crippen LogP contribution in [0.1, 0.15) is 108 Å². The van der Waals surface area contributed by atoms with Gasteiger partial charge in [-0.3, -0.25) is 0 Å². The zero-order valence-electron chi connectivity index (χ0n) is 26.1. The van der Waals surface area contributed by atoms with Crippen molar-refractivity contribution >= 4 is 16.6 Å². The van der Waals surface area contributed by atoms with Crippen molar-refractivity contribution in [1.82, 2.24) is 0 Å². The van der Waals surface area contributed by atoms with E-state index in [1.165, 1.54) is 25.7 Å². The predicted octanol–water partition coefficient (Wildman–Crippen LogP) is 9.16. The van der Waals surface area contributed by atoms with Crippen molar-refractivity contribution in [3.05, 3.63) is 0 Å². The number of rotatable bonds is 14. The Labute approximate surface area is 221 Å². The Morgan fingerprint density at radius 3 is 1.49 bits per heavy atom. The van der Waals surface area contributed by atoms with E-state index in [0.717, 1.165) is 24.7 Å². The van der Waals surface area contributed by atoms with Gasteiger partial charge in [0.25, 0.3) is 0 Å². The molecule has 1 aliphatic rings. The highest BCUT2D eigenvalue weighted by molar-refractivity contribution is 6.74. The summed E-state index contributed by atoms with van der Waals surface area (Å²) in [5, 5.41) is 0.350. The molecule has 0 N–H and O–H groups in total. The Morgan fingerprint density at radius 1 is 0.714 bits per heavy atom. The van der Waals surface area contributed by atoms with E-state index in [0.29, 0.717) is 13.2 Å². The lowest BCUT2D eigenvalue weighted by atomic mass is 9.94. The SMILES string of the molecule is CC(C)CCCC(C)CCCC1(C)O[C@@H](CO[Si](C)(C)C(C)(C)C)[C@H](CO[Si](C)(C)C(C)(C)C)O1. The normalized spacial score (nSPS) is 22.7.